The molecule has 3 aromatic carbocycles. The molecular formula is C32H30O6. The normalized spacial score (nSPS) is 23.7. The molecule has 2 N–H and O–H groups in total. The summed E-state index contributed by atoms with van der Waals surface area (Å²) in [6.45, 7) is 0. The molecule has 0 aliphatic carbocycles. The van der Waals surface area contributed by atoms with Crippen LogP contribution in [0, 0.1) is 0 Å². The highest BCUT2D eigenvalue weighted by Gasteiger charge is 2.40. The molecule has 2 aliphatic rings. The number of rotatable bonds is 5. The van der Waals surface area contributed by atoms with Crippen molar-refractivity contribution in [3.8, 4) is 11.5 Å². The fraction of sp³-hybridized carbons (Fsp3) is 0.250. The fourth-order valence-corrected chi connectivity index (χ4v) is 5.11. The van der Waals surface area contributed by atoms with E-state index in [2.05, 4.69) is 0 Å². The smallest absolute Gasteiger partial charge is 0.311 e. The molecule has 0 unspecified atom stereocenters. The third kappa shape index (κ3) is 6.10. The molecule has 1 fully saturated rings. The second-order valence-corrected chi connectivity index (χ2v) is 9.85. The Balaban J connectivity index is 1.50. The number of carbonyl (C=O) groups is 2. The van der Waals surface area contributed by atoms with Gasteiger partial charge < -0.3 is 19.7 Å². The zero-order valence-electron chi connectivity index (χ0n) is 21.0. The van der Waals surface area contributed by atoms with Crippen LogP contribution in [-0.2, 0) is 9.53 Å². The average Bonchev–Trinajstić information content (AvgIpc) is 2.91. The van der Waals surface area contributed by atoms with Gasteiger partial charge in [0.05, 0.1) is 11.7 Å². The molecule has 6 heteroatoms. The van der Waals surface area contributed by atoms with Crippen LogP contribution in [0.3, 0.4) is 0 Å². The van der Waals surface area contributed by atoms with Gasteiger partial charge in [-0.3, -0.25) is 9.59 Å². The van der Waals surface area contributed by atoms with Crippen LogP contribution in [0.15, 0.2) is 84.9 Å². The van der Waals surface area contributed by atoms with Gasteiger partial charge in [-0.25, -0.2) is 0 Å². The van der Waals surface area contributed by atoms with E-state index in [9.17, 15) is 19.8 Å². The zero-order valence-corrected chi connectivity index (χ0v) is 21.0. The van der Waals surface area contributed by atoms with Crippen LogP contribution in [-0.4, -0.2) is 33.9 Å². The van der Waals surface area contributed by atoms with Crippen molar-refractivity contribution in [1.82, 2.24) is 0 Å². The lowest BCUT2D eigenvalue weighted by molar-refractivity contribution is -0.227. The topological polar surface area (TPSA) is 93.1 Å². The van der Waals surface area contributed by atoms with Gasteiger partial charge in [-0.15, -0.1) is 0 Å². The van der Waals surface area contributed by atoms with Crippen molar-refractivity contribution < 1.29 is 29.3 Å². The Morgan fingerprint density at radius 1 is 0.974 bits per heavy atom. The summed E-state index contributed by atoms with van der Waals surface area (Å²) in [6, 6.07) is 22.0. The van der Waals surface area contributed by atoms with Crippen LogP contribution >= 0.6 is 0 Å². The van der Waals surface area contributed by atoms with Crippen LogP contribution in [0.4, 0.5) is 0 Å². The van der Waals surface area contributed by atoms with Crippen molar-refractivity contribution in [2.45, 2.75) is 49.9 Å². The molecule has 0 amide bonds. The number of fused-ring (bicyclic) bond motifs is 4. The minimum Gasteiger partial charge on any atom is -0.507 e. The van der Waals surface area contributed by atoms with Crippen molar-refractivity contribution in [3.63, 3.8) is 0 Å². The minimum atomic E-state index is -1.54. The second-order valence-electron chi connectivity index (χ2n) is 9.85. The summed E-state index contributed by atoms with van der Waals surface area (Å²) in [7, 11) is 0. The van der Waals surface area contributed by atoms with Crippen molar-refractivity contribution >= 4 is 23.9 Å². The monoisotopic (exact) mass is 510 g/mol. The number of ketones is 1. The number of hydrogen-bond acceptors (Lipinski definition) is 6. The number of hydrogen-bond donors (Lipinski definition) is 2. The lowest BCUT2D eigenvalue weighted by Crippen LogP contribution is -2.42. The van der Waals surface area contributed by atoms with Crippen LogP contribution < -0.4 is 4.74 Å². The van der Waals surface area contributed by atoms with Crippen LogP contribution in [0.5, 0.6) is 11.5 Å². The molecule has 2 heterocycles. The zero-order chi connectivity index (χ0) is 26.5. The molecule has 194 valence electrons. The lowest BCUT2D eigenvalue weighted by atomic mass is 9.81. The molecule has 6 nitrogen and oxygen atoms in total. The molecular weight excluding hydrogens is 480 g/mol. The van der Waals surface area contributed by atoms with E-state index in [0.717, 1.165) is 11.1 Å². The first kappa shape index (κ1) is 25.6. The largest absolute Gasteiger partial charge is 0.507 e. The molecule has 5 rings (SSSR count). The molecule has 0 saturated carbocycles. The van der Waals surface area contributed by atoms with Crippen molar-refractivity contribution in [2.24, 2.45) is 0 Å². The Labute approximate surface area is 221 Å². The van der Waals surface area contributed by atoms with E-state index in [1.165, 1.54) is 12.1 Å². The maximum absolute atomic E-state index is 13.1. The van der Waals surface area contributed by atoms with Gasteiger partial charge in [0.2, 0.25) is 0 Å². The van der Waals surface area contributed by atoms with E-state index in [4.69, 9.17) is 9.47 Å². The Bertz CT molecular complexity index is 1360. The van der Waals surface area contributed by atoms with Crippen molar-refractivity contribution in [1.29, 1.82) is 0 Å². The van der Waals surface area contributed by atoms with Gasteiger partial charge in [0.25, 0.3) is 0 Å². The SMILES string of the molecule is O=C1CCC[C@H]2C[C@H](C[C@@](O)(C=Cc3ccccc3)O2)c2cc(C(=O)C=Cc3ccccc3)c(O)cc2O1. The number of phenolic OH excluding ortho intramolecular Hbond substituents is 1. The average molecular weight is 511 g/mol. The van der Waals surface area contributed by atoms with Crippen molar-refractivity contribution in [2.75, 3.05) is 0 Å². The summed E-state index contributed by atoms with van der Waals surface area (Å²) in [5.74, 6) is -2.66. The highest BCUT2D eigenvalue weighted by Crippen LogP contribution is 2.45. The summed E-state index contributed by atoms with van der Waals surface area (Å²) < 4.78 is 11.8. The molecule has 0 aromatic heterocycles. The first-order chi connectivity index (χ1) is 18.4. The summed E-state index contributed by atoms with van der Waals surface area (Å²) in [5, 5.41) is 22.2. The highest BCUT2D eigenvalue weighted by molar-refractivity contribution is 6.09. The Kier molecular flexibility index (Phi) is 7.54. The standard InChI is InChI=1S/C32H30O6/c33-28(15-14-22-8-3-1-4-9-22)27-19-26-24-18-25(12-7-13-31(35)37-30(26)20-29(27)34)38-32(36,21-24)17-16-23-10-5-2-6-11-23/h1-6,8-11,14-17,19-20,24-25,34,36H,7,12-13,18,21H2/t24-,25+,32-/m1/s1. The van der Waals surface area contributed by atoms with Crippen molar-refractivity contribution in [3.05, 3.63) is 107 Å². The van der Waals surface area contributed by atoms with E-state index in [-0.39, 0.29) is 47.7 Å². The molecule has 2 aliphatic heterocycles. The number of carbonyl (C=O) groups excluding carboxylic acids is 2. The maximum Gasteiger partial charge on any atom is 0.311 e. The van der Waals surface area contributed by atoms with Gasteiger partial charge in [0.1, 0.15) is 11.5 Å². The van der Waals surface area contributed by atoms with Gasteiger partial charge in [-0.2, -0.15) is 0 Å². The first-order valence-electron chi connectivity index (χ1n) is 12.9. The van der Waals surface area contributed by atoms with Gasteiger partial charge in [-0.05, 0) is 60.1 Å². The molecule has 1 saturated heterocycles. The number of benzene rings is 3. The van der Waals surface area contributed by atoms with E-state index >= 15 is 0 Å². The lowest BCUT2D eigenvalue weighted by Gasteiger charge is -2.41. The predicted octanol–water partition coefficient (Wildman–Crippen LogP) is 6.04. The fourth-order valence-electron chi connectivity index (χ4n) is 5.11. The Hall–Kier alpha value is -4.00. The third-order valence-corrected chi connectivity index (χ3v) is 6.98. The molecule has 0 radical (unpaired) electrons. The number of ether oxygens (including phenoxy) is 2. The van der Waals surface area contributed by atoms with E-state index in [1.807, 2.05) is 66.7 Å². The van der Waals surface area contributed by atoms with E-state index in [1.54, 1.807) is 18.2 Å². The number of aromatic hydroxyl groups is 1. The van der Waals surface area contributed by atoms with Crippen LogP contribution in [0.25, 0.3) is 12.2 Å². The molecule has 38 heavy (non-hydrogen) atoms. The Morgan fingerprint density at radius 3 is 2.37 bits per heavy atom. The minimum absolute atomic E-state index is 0.107. The second kappa shape index (κ2) is 11.2. The summed E-state index contributed by atoms with van der Waals surface area (Å²) in [5.41, 5.74) is 2.49. The van der Waals surface area contributed by atoms with E-state index < -0.39 is 11.8 Å². The molecule has 0 spiro atoms. The number of allylic oxidation sites excluding steroid dienone is 1. The van der Waals surface area contributed by atoms with Gasteiger partial charge in [0.15, 0.2) is 11.6 Å². The number of esters is 1. The summed E-state index contributed by atoms with van der Waals surface area (Å²) in [4.78, 5) is 25.6. The quantitative estimate of drug-likeness (QED) is 0.188. The molecule has 2 bridgehead atoms. The van der Waals surface area contributed by atoms with Gasteiger partial charge in [-0.1, -0.05) is 72.8 Å². The summed E-state index contributed by atoms with van der Waals surface area (Å²) >= 11 is 0. The molecule has 3 aromatic rings. The first-order valence-corrected chi connectivity index (χ1v) is 12.9. The number of aliphatic hydroxyl groups is 1. The summed E-state index contributed by atoms with van der Waals surface area (Å²) in [6.07, 6.45) is 8.41. The Morgan fingerprint density at radius 2 is 1.66 bits per heavy atom. The number of phenols is 1. The van der Waals surface area contributed by atoms with Crippen LogP contribution in [0.1, 0.15) is 65.1 Å². The van der Waals surface area contributed by atoms with Crippen LogP contribution in [0.2, 0.25) is 0 Å². The van der Waals surface area contributed by atoms with Gasteiger partial charge >= 0.3 is 5.97 Å². The highest BCUT2D eigenvalue weighted by atomic mass is 16.6. The predicted molar refractivity (Wildman–Crippen MR) is 145 cm³/mol. The molecule has 3 atom stereocenters. The third-order valence-electron chi connectivity index (χ3n) is 6.98. The van der Waals surface area contributed by atoms with E-state index in [0.29, 0.717) is 24.8 Å². The maximum atomic E-state index is 13.1. The van der Waals surface area contributed by atoms with Gasteiger partial charge in [0, 0.05) is 18.9 Å².